The molecule has 0 aliphatic heterocycles. The van der Waals surface area contributed by atoms with Gasteiger partial charge in [-0.2, -0.15) is 0 Å². The molecule has 0 rings (SSSR count). The molecule has 0 aromatic heterocycles. The predicted octanol–water partition coefficient (Wildman–Crippen LogP) is 0.0687. The van der Waals surface area contributed by atoms with E-state index in [1.807, 2.05) is 0 Å². The Balaban J connectivity index is 4.15. The van der Waals surface area contributed by atoms with Gasteiger partial charge >= 0.3 is 11.9 Å². The van der Waals surface area contributed by atoms with Gasteiger partial charge in [-0.1, -0.05) is 6.92 Å². The monoisotopic (exact) mass is 190 g/mol. The fraction of sp³-hybridized carbons (Fsp3) is 0.750. The first-order valence-corrected chi connectivity index (χ1v) is 4.11. The number of ether oxygens (including phenoxy) is 2. The highest BCUT2D eigenvalue weighted by Gasteiger charge is 2.27. The van der Waals surface area contributed by atoms with Gasteiger partial charge in [0.15, 0.2) is 12.7 Å². The van der Waals surface area contributed by atoms with Crippen LogP contribution < -0.4 is 0 Å². The van der Waals surface area contributed by atoms with Gasteiger partial charge in [0, 0.05) is 0 Å². The fourth-order valence-electron chi connectivity index (χ4n) is 0.837. The number of rotatable bonds is 5. The Hall–Kier alpha value is -1.10. The Morgan fingerprint density at radius 2 is 1.77 bits per heavy atom. The lowest BCUT2D eigenvalue weighted by Crippen LogP contribution is -2.27. The fourth-order valence-corrected chi connectivity index (χ4v) is 0.837. The maximum atomic E-state index is 11.1. The molecule has 1 atom stereocenters. The third-order valence-corrected chi connectivity index (χ3v) is 1.47. The lowest BCUT2D eigenvalue weighted by atomic mass is 10.1. The van der Waals surface area contributed by atoms with Gasteiger partial charge < -0.3 is 14.6 Å². The van der Waals surface area contributed by atoms with Gasteiger partial charge in [0.2, 0.25) is 0 Å². The molecule has 0 aliphatic carbocycles. The summed E-state index contributed by atoms with van der Waals surface area (Å²) >= 11 is 0. The predicted molar refractivity (Wildman–Crippen MR) is 43.6 cm³/mol. The summed E-state index contributed by atoms with van der Waals surface area (Å²) in [5.74, 6) is -2.28. The van der Waals surface area contributed by atoms with Crippen molar-refractivity contribution in [2.24, 2.45) is 5.92 Å². The van der Waals surface area contributed by atoms with Crippen LogP contribution in [0, 0.1) is 5.92 Å². The SMILES string of the molecule is CCOC(=O)C(CC)C(=O)OCO. The van der Waals surface area contributed by atoms with E-state index in [2.05, 4.69) is 9.47 Å². The molecular weight excluding hydrogens is 176 g/mol. The van der Waals surface area contributed by atoms with E-state index in [1.54, 1.807) is 13.8 Å². The van der Waals surface area contributed by atoms with Crippen LogP contribution in [0.25, 0.3) is 0 Å². The van der Waals surface area contributed by atoms with E-state index in [4.69, 9.17) is 5.11 Å². The summed E-state index contributed by atoms with van der Waals surface area (Å²) in [5, 5.41) is 8.30. The summed E-state index contributed by atoms with van der Waals surface area (Å²) in [4.78, 5) is 22.1. The topological polar surface area (TPSA) is 72.8 Å². The number of hydrogen-bond donors (Lipinski definition) is 1. The number of aliphatic hydroxyl groups excluding tert-OH is 1. The molecule has 0 spiro atoms. The third kappa shape index (κ3) is 3.89. The molecule has 76 valence electrons. The van der Waals surface area contributed by atoms with Crippen molar-refractivity contribution < 1.29 is 24.2 Å². The van der Waals surface area contributed by atoms with Crippen LogP contribution in [0.2, 0.25) is 0 Å². The molecule has 0 amide bonds. The Morgan fingerprint density at radius 1 is 1.23 bits per heavy atom. The Labute approximate surface area is 76.6 Å². The highest BCUT2D eigenvalue weighted by atomic mass is 16.6. The average Bonchev–Trinajstić information content (AvgIpc) is 2.06. The third-order valence-electron chi connectivity index (χ3n) is 1.47. The minimum atomic E-state index is -0.924. The van der Waals surface area contributed by atoms with Crippen LogP contribution in [-0.4, -0.2) is 30.4 Å². The first-order valence-electron chi connectivity index (χ1n) is 4.11. The Kier molecular flexibility index (Phi) is 5.88. The summed E-state index contributed by atoms with van der Waals surface area (Å²) in [7, 11) is 0. The van der Waals surface area contributed by atoms with E-state index < -0.39 is 24.6 Å². The van der Waals surface area contributed by atoms with Gasteiger partial charge in [0.25, 0.3) is 0 Å². The van der Waals surface area contributed by atoms with Crippen molar-refractivity contribution in [3.63, 3.8) is 0 Å². The normalized spacial score (nSPS) is 11.9. The van der Waals surface area contributed by atoms with E-state index in [1.165, 1.54) is 0 Å². The van der Waals surface area contributed by atoms with Crippen LogP contribution in [0.15, 0.2) is 0 Å². The van der Waals surface area contributed by atoms with Crippen molar-refractivity contribution in [1.29, 1.82) is 0 Å². The second kappa shape index (κ2) is 6.42. The highest BCUT2D eigenvalue weighted by Crippen LogP contribution is 2.07. The Bertz CT molecular complexity index is 159. The molecular formula is C8H14O5. The first-order chi connectivity index (χ1) is 6.17. The highest BCUT2D eigenvalue weighted by molar-refractivity contribution is 5.94. The number of hydrogen-bond acceptors (Lipinski definition) is 5. The van der Waals surface area contributed by atoms with Gasteiger partial charge in [-0.25, -0.2) is 0 Å². The van der Waals surface area contributed by atoms with Gasteiger partial charge in [-0.3, -0.25) is 9.59 Å². The summed E-state index contributed by atoms with van der Waals surface area (Å²) in [5.41, 5.74) is 0. The lowest BCUT2D eigenvalue weighted by Gasteiger charge is -2.11. The Morgan fingerprint density at radius 3 is 2.15 bits per heavy atom. The summed E-state index contributed by atoms with van der Waals surface area (Å²) < 4.78 is 8.92. The summed E-state index contributed by atoms with van der Waals surface area (Å²) in [6.07, 6.45) is 0.303. The van der Waals surface area contributed by atoms with Crippen molar-refractivity contribution in [3.8, 4) is 0 Å². The minimum Gasteiger partial charge on any atom is -0.465 e. The summed E-state index contributed by atoms with van der Waals surface area (Å²) in [6, 6.07) is 0. The molecule has 13 heavy (non-hydrogen) atoms. The minimum absolute atomic E-state index is 0.224. The molecule has 0 saturated heterocycles. The van der Waals surface area contributed by atoms with E-state index in [-0.39, 0.29) is 6.61 Å². The largest absolute Gasteiger partial charge is 0.465 e. The van der Waals surface area contributed by atoms with E-state index in [9.17, 15) is 9.59 Å². The molecule has 5 heteroatoms. The molecule has 0 radical (unpaired) electrons. The lowest BCUT2D eigenvalue weighted by molar-refractivity contribution is -0.166. The number of aliphatic hydroxyl groups is 1. The van der Waals surface area contributed by atoms with Crippen molar-refractivity contribution in [2.45, 2.75) is 20.3 Å². The second-order valence-electron chi connectivity index (χ2n) is 2.31. The number of carbonyl (C=O) groups is 2. The van der Waals surface area contributed by atoms with Gasteiger partial charge in [0.05, 0.1) is 6.61 Å². The van der Waals surface area contributed by atoms with Crippen molar-refractivity contribution in [1.82, 2.24) is 0 Å². The molecule has 0 aromatic carbocycles. The van der Waals surface area contributed by atoms with Crippen molar-refractivity contribution >= 4 is 11.9 Å². The molecule has 0 aliphatic rings. The molecule has 0 fully saturated rings. The number of carbonyl (C=O) groups excluding carboxylic acids is 2. The van der Waals surface area contributed by atoms with E-state index >= 15 is 0 Å². The number of esters is 2. The van der Waals surface area contributed by atoms with Crippen LogP contribution in [0.5, 0.6) is 0 Å². The van der Waals surface area contributed by atoms with Crippen LogP contribution >= 0.6 is 0 Å². The van der Waals surface area contributed by atoms with Gasteiger partial charge in [-0.05, 0) is 13.3 Å². The first kappa shape index (κ1) is 11.9. The van der Waals surface area contributed by atoms with E-state index in [0.29, 0.717) is 6.42 Å². The molecule has 0 saturated carbocycles. The van der Waals surface area contributed by atoms with Crippen LogP contribution in [0.1, 0.15) is 20.3 Å². The van der Waals surface area contributed by atoms with Crippen LogP contribution in [-0.2, 0) is 19.1 Å². The quantitative estimate of drug-likeness (QED) is 0.377. The zero-order valence-electron chi connectivity index (χ0n) is 7.78. The molecule has 1 N–H and O–H groups in total. The molecule has 1 unspecified atom stereocenters. The summed E-state index contributed by atoms with van der Waals surface area (Å²) in [6.45, 7) is 2.83. The average molecular weight is 190 g/mol. The molecule has 0 heterocycles. The van der Waals surface area contributed by atoms with Gasteiger partial charge in [-0.15, -0.1) is 0 Å². The van der Waals surface area contributed by atoms with Crippen molar-refractivity contribution in [3.05, 3.63) is 0 Å². The van der Waals surface area contributed by atoms with Crippen molar-refractivity contribution in [2.75, 3.05) is 13.4 Å². The molecule has 5 nitrogen and oxygen atoms in total. The maximum Gasteiger partial charge on any atom is 0.322 e. The smallest absolute Gasteiger partial charge is 0.322 e. The molecule has 0 aromatic rings. The maximum absolute atomic E-state index is 11.1. The zero-order valence-corrected chi connectivity index (χ0v) is 7.78. The second-order valence-corrected chi connectivity index (χ2v) is 2.31. The zero-order chi connectivity index (χ0) is 10.3. The standard InChI is InChI=1S/C8H14O5/c1-3-6(7(10)12-4-2)8(11)13-5-9/h6,9H,3-5H2,1-2H3. The molecule has 0 bridgehead atoms. The van der Waals surface area contributed by atoms with Crippen LogP contribution in [0.3, 0.4) is 0 Å². The van der Waals surface area contributed by atoms with Gasteiger partial charge in [0.1, 0.15) is 0 Å². The van der Waals surface area contributed by atoms with Crippen LogP contribution in [0.4, 0.5) is 0 Å². The van der Waals surface area contributed by atoms with E-state index in [0.717, 1.165) is 0 Å².